The molecule has 0 radical (unpaired) electrons. The molecule has 124 valence electrons. The highest BCUT2D eigenvalue weighted by atomic mass is 16.7. The van der Waals surface area contributed by atoms with Gasteiger partial charge in [-0.25, -0.2) is 0 Å². The van der Waals surface area contributed by atoms with Crippen molar-refractivity contribution < 1.29 is 19.0 Å². The van der Waals surface area contributed by atoms with E-state index >= 15 is 0 Å². The van der Waals surface area contributed by atoms with Crippen LogP contribution in [0.25, 0.3) is 0 Å². The Labute approximate surface area is 139 Å². The smallest absolute Gasteiger partial charge is 0.248 e. The lowest BCUT2D eigenvalue weighted by molar-refractivity contribution is -0.128. The van der Waals surface area contributed by atoms with Crippen molar-refractivity contribution in [3.05, 3.63) is 35.4 Å². The number of amides is 1. The molecule has 6 nitrogen and oxygen atoms in total. The highest BCUT2D eigenvalue weighted by molar-refractivity contribution is 5.96. The minimum Gasteiger partial charge on any atom is -0.454 e. The topological polar surface area (TPSA) is 60.4 Å². The molecule has 24 heavy (non-hydrogen) atoms. The molecule has 3 heterocycles. The third-order valence-corrected chi connectivity index (χ3v) is 5.77. The Bertz CT molecular complexity index is 802. The first-order valence-electron chi connectivity index (χ1n) is 8.11. The second-order valence-corrected chi connectivity index (χ2v) is 6.74. The Hall–Kier alpha value is -2.34. The van der Waals surface area contributed by atoms with E-state index in [0.29, 0.717) is 0 Å². The van der Waals surface area contributed by atoms with Gasteiger partial charge >= 0.3 is 0 Å². The van der Waals surface area contributed by atoms with Gasteiger partial charge in [0.25, 0.3) is 0 Å². The van der Waals surface area contributed by atoms with Crippen LogP contribution in [-0.2, 0) is 14.9 Å². The monoisotopic (exact) mass is 326 g/mol. The largest absolute Gasteiger partial charge is 0.454 e. The Morgan fingerprint density at radius 3 is 2.92 bits per heavy atom. The van der Waals surface area contributed by atoms with Crippen LogP contribution >= 0.6 is 0 Å². The van der Waals surface area contributed by atoms with Gasteiger partial charge in [-0.3, -0.25) is 9.79 Å². The maximum absolute atomic E-state index is 12.8. The normalized spacial score (nSPS) is 35.0. The fraction of sp³-hybridized carbons (Fsp3) is 0.444. The summed E-state index contributed by atoms with van der Waals surface area (Å²) in [6.07, 6.45) is 6.74. The highest BCUT2D eigenvalue weighted by Gasteiger charge is 2.61. The zero-order chi connectivity index (χ0) is 16.5. The van der Waals surface area contributed by atoms with Crippen molar-refractivity contribution in [3.63, 3.8) is 0 Å². The summed E-state index contributed by atoms with van der Waals surface area (Å²) in [7, 11) is 3.56. The van der Waals surface area contributed by atoms with E-state index in [0.717, 1.165) is 29.0 Å². The van der Waals surface area contributed by atoms with Gasteiger partial charge in [0.1, 0.15) is 6.04 Å². The van der Waals surface area contributed by atoms with Crippen LogP contribution < -0.4 is 9.47 Å². The summed E-state index contributed by atoms with van der Waals surface area (Å²) in [5.41, 5.74) is 1.61. The third-order valence-electron chi connectivity index (χ3n) is 5.77. The molecule has 3 aliphatic heterocycles. The second-order valence-electron chi connectivity index (χ2n) is 6.74. The van der Waals surface area contributed by atoms with Gasteiger partial charge in [0.05, 0.1) is 11.5 Å². The predicted molar refractivity (Wildman–Crippen MR) is 86.7 cm³/mol. The van der Waals surface area contributed by atoms with Crippen LogP contribution in [0.5, 0.6) is 11.5 Å². The van der Waals surface area contributed by atoms with E-state index in [1.807, 2.05) is 24.1 Å². The first-order chi connectivity index (χ1) is 11.6. The fourth-order valence-corrected chi connectivity index (χ4v) is 4.55. The molecule has 4 atom stereocenters. The van der Waals surface area contributed by atoms with E-state index in [4.69, 9.17) is 14.2 Å². The number of fused-ring (bicyclic) bond motifs is 2. The summed E-state index contributed by atoms with van der Waals surface area (Å²) in [4.78, 5) is 19.3. The van der Waals surface area contributed by atoms with Gasteiger partial charge in [-0.2, -0.15) is 0 Å². The van der Waals surface area contributed by atoms with Crippen molar-refractivity contribution >= 4 is 12.1 Å². The van der Waals surface area contributed by atoms with Crippen LogP contribution in [0.4, 0.5) is 0 Å². The highest BCUT2D eigenvalue weighted by Crippen LogP contribution is 2.52. The van der Waals surface area contributed by atoms with Gasteiger partial charge in [-0.05, 0) is 24.1 Å². The number of carbonyl (C=O) groups excluding carboxylic acids is 1. The number of methoxy groups -OCH3 is 1. The molecule has 0 aromatic heterocycles. The van der Waals surface area contributed by atoms with Gasteiger partial charge in [-0.15, -0.1) is 0 Å². The van der Waals surface area contributed by atoms with Crippen molar-refractivity contribution in [1.82, 2.24) is 4.90 Å². The molecule has 6 heteroatoms. The molecule has 5 rings (SSSR count). The van der Waals surface area contributed by atoms with E-state index in [1.54, 1.807) is 13.3 Å². The number of aliphatic imine (C=N–C) groups is 1. The van der Waals surface area contributed by atoms with Crippen molar-refractivity contribution in [3.8, 4) is 11.5 Å². The number of likely N-dealkylation sites (N-methyl/N-ethyl adjacent to an activating group) is 1. The molecule has 0 saturated carbocycles. The molecule has 0 unspecified atom stereocenters. The molecule has 1 spiro atoms. The second kappa shape index (κ2) is 4.60. The number of likely N-dealkylation sites (tertiary alicyclic amines) is 1. The van der Waals surface area contributed by atoms with E-state index < -0.39 is 11.5 Å². The number of nitrogens with zero attached hydrogens (tertiary/aromatic N) is 2. The minimum atomic E-state index is -0.466. The van der Waals surface area contributed by atoms with Crippen LogP contribution in [-0.4, -0.2) is 56.2 Å². The molecule has 1 aliphatic carbocycles. The summed E-state index contributed by atoms with van der Waals surface area (Å²) in [6, 6.07) is 3.57. The van der Waals surface area contributed by atoms with Gasteiger partial charge < -0.3 is 19.1 Å². The molecule has 1 amide bonds. The lowest BCUT2D eigenvalue weighted by Gasteiger charge is -2.42. The number of rotatable bonds is 1. The van der Waals surface area contributed by atoms with E-state index in [9.17, 15) is 4.79 Å². The maximum atomic E-state index is 12.8. The lowest BCUT2D eigenvalue weighted by atomic mass is 9.65. The van der Waals surface area contributed by atoms with Crippen LogP contribution in [0, 0.1) is 0 Å². The number of ether oxygens (including phenoxy) is 3. The average molecular weight is 326 g/mol. The lowest BCUT2D eigenvalue weighted by Crippen LogP contribution is -2.49. The third kappa shape index (κ3) is 1.54. The molecule has 0 N–H and O–H groups in total. The molecular weight excluding hydrogens is 308 g/mol. The number of carbonyl (C=O) groups is 1. The first kappa shape index (κ1) is 14.0. The Morgan fingerprint density at radius 1 is 1.33 bits per heavy atom. The maximum Gasteiger partial charge on any atom is 0.248 e. The minimum absolute atomic E-state index is 0.0120. The Balaban J connectivity index is 1.75. The van der Waals surface area contributed by atoms with Gasteiger partial charge in [0.2, 0.25) is 12.7 Å². The molecule has 1 aromatic rings. The number of hydrogen-bond donors (Lipinski definition) is 0. The van der Waals surface area contributed by atoms with Crippen molar-refractivity contribution in [2.45, 2.75) is 30.0 Å². The van der Waals surface area contributed by atoms with Crippen LogP contribution in [0.15, 0.2) is 29.3 Å². The van der Waals surface area contributed by atoms with Crippen LogP contribution in [0.3, 0.4) is 0 Å². The molecule has 0 bridgehead atoms. The fourth-order valence-electron chi connectivity index (χ4n) is 4.55. The van der Waals surface area contributed by atoms with E-state index in [1.165, 1.54) is 0 Å². The number of benzene rings is 1. The molecular formula is C18H18N2O4. The van der Waals surface area contributed by atoms with Gasteiger partial charge in [0, 0.05) is 32.0 Å². The van der Waals surface area contributed by atoms with E-state index in [2.05, 4.69) is 17.1 Å². The summed E-state index contributed by atoms with van der Waals surface area (Å²) in [5.74, 6) is 1.53. The van der Waals surface area contributed by atoms with Crippen LogP contribution in [0.1, 0.15) is 17.5 Å². The van der Waals surface area contributed by atoms with E-state index in [-0.39, 0.29) is 24.8 Å². The summed E-state index contributed by atoms with van der Waals surface area (Å²) < 4.78 is 16.6. The molecule has 1 saturated heterocycles. The molecule has 1 aromatic carbocycles. The molecule has 4 aliphatic rings. The summed E-state index contributed by atoms with van der Waals surface area (Å²) in [6.45, 7) is 0.232. The SMILES string of the molecule is CO[C@@H]1C=C[C@@]23c4cc5c(cc4C=N[C@@H]2C(=O)N(C)[C@H]3C1)OCO5. The van der Waals surface area contributed by atoms with Crippen LogP contribution in [0.2, 0.25) is 0 Å². The van der Waals surface area contributed by atoms with Crippen molar-refractivity contribution in [1.29, 1.82) is 0 Å². The average Bonchev–Trinajstić information content (AvgIpc) is 3.14. The van der Waals surface area contributed by atoms with Crippen molar-refractivity contribution in [2.75, 3.05) is 21.0 Å². The number of hydrogen-bond acceptors (Lipinski definition) is 5. The summed E-state index contributed by atoms with van der Waals surface area (Å²) in [5, 5.41) is 0. The van der Waals surface area contributed by atoms with Crippen molar-refractivity contribution in [2.24, 2.45) is 4.99 Å². The van der Waals surface area contributed by atoms with Gasteiger partial charge in [-0.1, -0.05) is 12.2 Å². The zero-order valence-corrected chi connectivity index (χ0v) is 13.6. The summed E-state index contributed by atoms with van der Waals surface area (Å²) >= 11 is 0. The first-order valence-corrected chi connectivity index (χ1v) is 8.11. The molecule has 1 fully saturated rings. The standard InChI is InChI=1S/C18H18N2O4/c1-20-15-6-11(22-2)3-4-18(15)12-7-14-13(23-9-24-14)5-10(12)8-19-16(18)17(20)21/h3-5,7-8,11,15-16H,6,9H2,1-2H3/t11-,15+,16-,18+/m1/s1. The Kier molecular flexibility index (Phi) is 2.69. The zero-order valence-electron chi connectivity index (χ0n) is 13.6. The quantitative estimate of drug-likeness (QED) is 0.729. The van der Waals surface area contributed by atoms with Gasteiger partial charge in [0.15, 0.2) is 11.5 Å². The Morgan fingerprint density at radius 2 is 2.12 bits per heavy atom. The predicted octanol–water partition coefficient (Wildman–Crippen LogP) is 1.27.